The van der Waals surface area contributed by atoms with E-state index in [2.05, 4.69) is 24.1 Å². The zero-order valence-corrected chi connectivity index (χ0v) is 17.3. The van der Waals surface area contributed by atoms with Gasteiger partial charge < -0.3 is 15.1 Å². The monoisotopic (exact) mass is 396 g/mol. The van der Waals surface area contributed by atoms with E-state index in [-0.39, 0.29) is 36.6 Å². The average molecular weight is 397 g/mol. The lowest BCUT2D eigenvalue weighted by Crippen LogP contribution is -2.53. The molecule has 2 aliphatic heterocycles. The summed E-state index contributed by atoms with van der Waals surface area (Å²) in [6, 6.07) is 0. The summed E-state index contributed by atoms with van der Waals surface area (Å²) >= 11 is 0. The minimum Gasteiger partial charge on any atom is -0.341 e. The Hall–Kier alpha value is -0.560. The van der Waals surface area contributed by atoms with E-state index in [0.717, 1.165) is 45.8 Å². The van der Waals surface area contributed by atoms with Crippen molar-refractivity contribution >= 4 is 36.6 Å². The maximum Gasteiger partial charge on any atom is 0.236 e. The fourth-order valence-electron chi connectivity index (χ4n) is 3.70. The molecule has 2 heterocycles. The molecule has 0 bridgehead atoms. The predicted molar refractivity (Wildman–Crippen MR) is 106 cm³/mol. The van der Waals surface area contributed by atoms with Crippen molar-refractivity contribution in [1.29, 1.82) is 0 Å². The third-order valence-electron chi connectivity index (χ3n) is 4.89. The third-order valence-corrected chi connectivity index (χ3v) is 4.89. The van der Waals surface area contributed by atoms with Crippen LogP contribution < -0.4 is 5.32 Å². The van der Waals surface area contributed by atoms with Crippen LogP contribution in [-0.4, -0.2) is 85.9 Å². The number of piperazine rings is 1. The Morgan fingerprint density at radius 1 is 0.920 bits per heavy atom. The number of amides is 2. The van der Waals surface area contributed by atoms with E-state index in [9.17, 15) is 9.59 Å². The van der Waals surface area contributed by atoms with Gasteiger partial charge in [0.25, 0.3) is 0 Å². The van der Waals surface area contributed by atoms with Crippen molar-refractivity contribution in [1.82, 2.24) is 20.0 Å². The van der Waals surface area contributed by atoms with E-state index in [1.165, 1.54) is 6.42 Å². The standard InChI is InChI=1S/C17H32N4O2.2ClH/c1-14-10-15(2)12-21(11-14)17(23)13-19-6-8-20(9-7-19)16(22)4-5-18-3;;/h14-15,18H,4-13H2,1-3H3;2*1H. The molecule has 0 aromatic carbocycles. The Morgan fingerprint density at radius 3 is 2.00 bits per heavy atom. The smallest absolute Gasteiger partial charge is 0.236 e. The van der Waals surface area contributed by atoms with Crippen LogP contribution in [0.3, 0.4) is 0 Å². The predicted octanol–water partition coefficient (Wildman–Crippen LogP) is 1.09. The molecular weight excluding hydrogens is 363 g/mol. The number of likely N-dealkylation sites (tertiary alicyclic amines) is 1. The van der Waals surface area contributed by atoms with E-state index in [1.807, 2.05) is 16.8 Å². The maximum atomic E-state index is 12.5. The minimum absolute atomic E-state index is 0. The van der Waals surface area contributed by atoms with Gasteiger partial charge in [0.1, 0.15) is 0 Å². The Balaban J connectivity index is 0.00000288. The molecule has 1 N–H and O–H groups in total. The molecule has 0 spiro atoms. The van der Waals surface area contributed by atoms with Gasteiger partial charge in [-0.2, -0.15) is 0 Å². The van der Waals surface area contributed by atoms with Gasteiger partial charge in [-0.1, -0.05) is 13.8 Å². The van der Waals surface area contributed by atoms with E-state index < -0.39 is 0 Å². The molecule has 0 aromatic rings. The summed E-state index contributed by atoms with van der Waals surface area (Å²) in [7, 11) is 1.86. The normalized spacial score (nSPS) is 24.3. The first-order valence-corrected chi connectivity index (χ1v) is 8.92. The Bertz CT molecular complexity index is 407. The molecule has 148 valence electrons. The van der Waals surface area contributed by atoms with Gasteiger partial charge in [0.15, 0.2) is 0 Å². The molecular formula is C17H34Cl2N4O2. The van der Waals surface area contributed by atoms with Crippen LogP contribution >= 0.6 is 24.8 Å². The van der Waals surface area contributed by atoms with Gasteiger partial charge >= 0.3 is 0 Å². The molecule has 0 aromatic heterocycles. The van der Waals surface area contributed by atoms with Gasteiger partial charge in [-0.25, -0.2) is 0 Å². The van der Waals surface area contributed by atoms with Crippen molar-refractivity contribution < 1.29 is 9.59 Å². The van der Waals surface area contributed by atoms with Crippen LogP contribution in [0.15, 0.2) is 0 Å². The highest BCUT2D eigenvalue weighted by Crippen LogP contribution is 2.21. The highest BCUT2D eigenvalue weighted by Gasteiger charge is 2.28. The quantitative estimate of drug-likeness (QED) is 0.755. The van der Waals surface area contributed by atoms with E-state index in [1.54, 1.807) is 0 Å². The average Bonchev–Trinajstić information content (AvgIpc) is 2.52. The van der Waals surface area contributed by atoms with E-state index >= 15 is 0 Å². The Morgan fingerprint density at radius 2 is 1.48 bits per heavy atom. The van der Waals surface area contributed by atoms with Crippen molar-refractivity contribution in [3.05, 3.63) is 0 Å². The van der Waals surface area contributed by atoms with E-state index in [4.69, 9.17) is 0 Å². The number of carbonyl (C=O) groups excluding carboxylic acids is 2. The molecule has 25 heavy (non-hydrogen) atoms. The maximum absolute atomic E-state index is 12.5. The molecule has 6 nitrogen and oxygen atoms in total. The van der Waals surface area contributed by atoms with Gasteiger partial charge in [-0.05, 0) is 25.3 Å². The molecule has 2 amide bonds. The summed E-state index contributed by atoms with van der Waals surface area (Å²) in [6.45, 7) is 10.5. The number of nitrogens with zero attached hydrogens (tertiary/aromatic N) is 3. The fourth-order valence-corrected chi connectivity index (χ4v) is 3.70. The summed E-state index contributed by atoms with van der Waals surface area (Å²) in [5.41, 5.74) is 0. The van der Waals surface area contributed by atoms with E-state index in [0.29, 0.717) is 24.8 Å². The van der Waals surface area contributed by atoms with Crippen LogP contribution in [0.25, 0.3) is 0 Å². The zero-order chi connectivity index (χ0) is 16.8. The summed E-state index contributed by atoms with van der Waals surface area (Å²) in [5, 5.41) is 3.01. The summed E-state index contributed by atoms with van der Waals surface area (Å²) < 4.78 is 0. The SMILES string of the molecule is CNCCC(=O)N1CCN(CC(=O)N2CC(C)CC(C)C2)CC1.Cl.Cl. The number of rotatable bonds is 5. The van der Waals surface area contributed by atoms with Crippen molar-refractivity contribution in [2.75, 3.05) is 59.4 Å². The highest BCUT2D eigenvalue weighted by atomic mass is 35.5. The second-order valence-corrected chi connectivity index (χ2v) is 7.26. The van der Waals surface area contributed by atoms with Gasteiger partial charge in [-0.15, -0.1) is 24.8 Å². The van der Waals surface area contributed by atoms with Crippen LogP contribution in [0.5, 0.6) is 0 Å². The first-order chi connectivity index (χ1) is 11.0. The van der Waals surface area contributed by atoms with Crippen LogP contribution in [0.2, 0.25) is 0 Å². The molecule has 2 unspecified atom stereocenters. The van der Waals surface area contributed by atoms with Gasteiger partial charge in [-0.3, -0.25) is 14.5 Å². The van der Waals surface area contributed by atoms with Gasteiger partial charge in [0.2, 0.25) is 11.8 Å². The molecule has 8 heteroatoms. The second-order valence-electron chi connectivity index (χ2n) is 7.26. The number of carbonyl (C=O) groups is 2. The molecule has 0 saturated carbocycles. The Kier molecular flexibility index (Phi) is 11.7. The van der Waals surface area contributed by atoms with Crippen LogP contribution in [0.4, 0.5) is 0 Å². The summed E-state index contributed by atoms with van der Waals surface area (Å²) in [4.78, 5) is 30.6. The number of nitrogens with one attached hydrogen (secondary N) is 1. The molecule has 2 rings (SSSR count). The van der Waals surface area contributed by atoms with Crippen molar-refractivity contribution in [2.24, 2.45) is 11.8 Å². The van der Waals surface area contributed by atoms with Gasteiger partial charge in [0.05, 0.1) is 6.54 Å². The first-order valence-electron chi connectivity index (χ1n) is 8.92. The van der Waals surface area contributed by atoms with Crippen molar-refractivity contribution in [3.8, 4) is 0 Å². The molecule has 0 aliphatic carbocycles. The lowest BCUT2D eigenvalue weighted by molar-refractivity contribution is -0.136. The van der Waals surface area contributed by atoms with Gasteiger partial charge in [0, 0.05) is 52.2 Å². The topological polar surface area (TPSA) is 55.9 Å². The first kappa shape index (κ1) is 24.4. The lowest BCUT2D eigenvalue weighted by atomic mass is 9.92. The largest absolute Gasteiger partial charge is 0.341 e. The summed E-state index contributed by atoms with van der Waals surface area (Å²) in [5.74, 6) is 1.66. The molecule has 2 atom stereocenters. The number of piperidine rings is 1. The number of hydrogen-bond donors (Lipinski definition) is 1. The zero-order valence-electron chi connectivity index (χ0n) is 15.7. The third kappa shape index (κ3) is 7.69. The number of halogens is 2. The van der Waals surface area contributed by atoms with Crippen molar-refractivity contribution in [3.63, 3.8) is 0 Å². The minimum atomic E-state index is 0. The van der Waals surface area contributed by atoms with Crippen LogP contribution in [0.1, 0.15) is 26.7 Å². The lowest BCUT2D eigenvalue weighted by Gasteiger charge is -2.38. The molecule has 0 radical (unpaired) electrons. The summed E-state index contributed by atoms with van der Waals surface area (Å²) in [6.07, 6.45) is 1.77. The van der Waals surface area contributed by atoms with Crippen LogP contribution in [0, 0.1) is 11.8 Å². The molecule has 2 fully saturated rings. The highest BCUT2D eigenvalue weighted by molar-refractivity contribution is 5.85. The number of hydrogen-bond acceptors (Lipinski definition) is 4. The van der Waals surface area contributed by atoms with Crippen molar-refractivity contribution in [2.45, 2.75) is 26.7 Å². The Labute approximate surface area is 164 Å². The molecule has 2 aliphatic rings. The fraction of sp³-hybridized carbons (Fsp3) is 0.882. The van der Waals surface area contributed by atoms with Crippen LogP contribution in [-0.2, 0) is 9.59 Å². The molecule has 2 saturated heterocycles. The second kappa shape index (κ2) is 11.9.